The molecule has 13 heavy (non-hydrogen) atoms. The van der Waals surface area contributed by atoms with Crippen LogP contribution < -0.4 is 5.73 Å². The SMILES string of the molecule is N[C@H](CCO)c1ccc(Cl)cc1I. The average molecular weight is 312 g/mol. The van der Waals surface area contributed by atoms with Crippen LogP contribution in [0, 0.1) is 3.57 Å². The molecule has 0 radical (unpaired) electrons. The zero-order valence-electron chi connectivity index (χ0n) is 7.00. The van der Waals surface area contributed by atoms with Crippen molar-refractivity contribution in [2.75, 3.05) is 6.61 Å². The fourth-order valence-corrected chi connectivity index (χ4v) is 2.37. The van der Waals surface area contributed by atoms with E-state index in [1.807, 2.05) is 18.2 Å². The minimum Gasteiger partial charge on any atom is -0.396 e. The third-order valence-corrected chi connectivity index (χ3v) is 2.97. The molecule has 0 aromatic heterocycles. The van der Waals surface area contributed by atoms with Crippen molar-refractivity contribution < 1.29 is 5.11 Å². The van der Waals surface area contributed by atoms with E-state index in [1.54, 1.807) is 0 Å². The molecule has 0 unspecified atom stereocenters. The van der Waals surface area contributed by atoms with E-state index in [0.717, 1.165) is 9.13 Å². The largest absolute Gasteiger partial charge is 0.396 e. The van der Waals surface area contributed by atoms with E-state index in [1.165, 1.54) is 0 Å². The standard InChI is InChI=1S/C9H11ClINO/c10-6-1-2-7(8(11)5-6)9(12)3-4-13/h1-2,5,9,13H,3-4,12H2/t9-/m1/s1. The number of aliphatic hydroxyl groups is 1. The summed E-state index contributed by atoms with van der Waals surface area (Å²) >= 11 is 8.00. The molecular weight excluding hydrogens is 300 g/mol. The fraction of sp³-hybridized carbons (Fsp3) is 0.333. The Morgan fingerprint density at radius 1 is 1.54 bits per heavy atom. The van der Waals surface area contributed by atoms with Crippen LogP contribution in [0.1, 0.15) is 18.0 Å². The van der Waals surface area contributed by atoms with Gasteiger partial charge in [0.1, 0.15) is 0 Å². The Kier molecular flexibility index (Phi) is 4.45. The second kappa shape index (κ2) is 5.14. The summed E-state index contributed by atoms with van der Waals surface area (Å²) < 4.78 is 1.05. The number of benzene rings is 1. The lowest BCUT2D eigenvalue weighted by molar-refractivity contribution is 0.276. The van der Waals surface area contributed by atoms with Gasteiger partial charge in [-0.3, -0.25) is 0 Å². The summed E-state index contributed by atoms with van der Waals surface area (Å²) in [4.78, 5) is 0. The first-order valence-corrected chi connectivity index (χ1v) is 5.42. The van der Waals surface area contributed by atoms with Crippen LogP contribution in [0.15, 0.2) is 18.2 Å². The van der Waals surface area contributed by atoms with E-state index in [-0.39, 0.29) is 12.6 Å². The van der Waals surface area contributed by atoms with Gasteiger partial charge in [-0.05, 0) is 46.7 Å². The highest BCUT2D eigenvalue weighted by molar-refractivity contribution is 14.1. The van der Waals surface area contributed by atoms with Crippen LogP contribution in [0.25, 0.3) is 0 Å². The number of nitrogens with two attached hydrogens (primary N) is 1. The topological polar surface area (TPSA) is 46.2 Å². The average Bonchev–Trinajstić information content (AvgIpc) is 2.04. The van der Waals surface area contributed by atoms with E-state index in [2.05, 4.69) is 22.6 Å². The van der Waals surface area contributed by atoms with Gasteiger partial charge in [0.05, 0.1) is 0 Å². The van der Waals surface area contributed by atoms with E-state index in [0.29, 0.717) is 11.4 Å². The van der Waals surface area contributed by atoms with Crippen molar-refractivity contribution in [2.24, 2.45) is 5.73 Å². The summed E-state index contributed by atoms with van der Waals surface area (Å²) in [5.41, 5.74) is 6.89. The highest BCUT2D eigenvalue weighted by Crippen LogP contribution is 2.23. The molecule has 2 nitrogen and oxygen atoms in total. The molecule has 0 fully saturated rings. The minimum atomic E-state index is -0.103. The van der Waals surface area contributed by atoms with Crippen molar-refractivity contribution in [1.82, 2.24) is 0 Å². The Labute approximate surface area is 96.2 Å². The molecule has 1 aromatic rings. The molecule has 0 spiro atoms. The second-order valence-corrected chi connectivity index (χ2v) is 4.38. The highest BCUT2D eigenvalue weighted by Gasteiger charge is 2.08. The zero-order valence-corrected chi connectivity index (χ0v) is 9.92. The Bertz CT molecular complexity index is 293. The second-order valence-electron chi connectivity index (χ2n) is 2.78. The molecule has 4 heteroatoms. The molecule has 0 aliphatic rings. The summed E-state index contributed by atoms with van der Waals surface area (Å²) in [7, 11) is 0. The maximum Gasteiger partial charge on any atom is 0.0449 e. The lowest BCUT2D eigenvalue weighted by atomic mass is 10.1. The van der Waals surface area contributed by atoms with E-state index >= 15 is 0 Å². The monoisotopic (exact) mass is 311 g/mol. The van der Waals surface area contributed by atoms with Crippen LogP contribution in [-0.4, -0.2) is 11.7 Å². The van der Waals surface area contributed by atoms with Gasteiger partial charge in [0.25, 0.3) is 0 Å². The molecule has 0 bridgehead atoms. The molecule has 72 valence electrons. The normalized spacial score (nSPS) is 12.9. The molecule has 0 saturated heterocycles. The first kappa shape index (κ1) is 11.2. The van der Waals surface area contributed by atoms with Crippen molar-refractivity contribution in [3.63, 3.8) is 0 Å². The smallest absolute Gasteiger partial charge is 0.0449 e. The van der Waals surface area contributed by atoms with Gasteiger partial charge in [0.15, 0.2) is 0 Å². The Balaban J connectivity index is 2.88. The molecule has 3 N–H and O–H groups in total. The van der Waals surface area contributed by atoms with Crippen LogP contribution in [-0.2, 0) is 0 Å². The van der Waals surface area contributed by atoms with Crippen molar-refractivity contribution in [1.29, 1.82) is 0 Å². The molecule has 1 aromatic carbocycles. The number of halogens is 2. The molecule has 0 heterocycles. The van der Waals surface area contributed by atoms with Gasteiger partial charge in [0.2, 0.25) is 0 Å². The maximum absolute atomic E-state index is 8.73. The number of aliphatic hydroxyl groups excluding tert-OH is 1. The number of hydrogen-bond donors (Lipinski definition) is 2. The summed E-state index contributed by atoms with van der Waals surface area (Å²) in [5.74, 6) is 0. The highest BCUT2D eigenvalue weighted by atomic mass is 127. The van der Waals surface area contributed by atoms with Gasteiger partial charge in [-0.15, -0.1) is 0 Å². The lowest BCUT2D eigenvalue weighted by Gasteiger charge is -2.12. The quantitative estimate of drug-likeness (QED) is 0.842. The summed E-state index contributed by atoms with van der Waals surface area (Å²) in [5, 5.41) is 9.45. The molecule has 0 amide bonds. The summed E-state index contributed by atoms with van der Waals surface area (Å²) in [6, 6.07) is 5.49. The van der Waals surface area contributed by atoms with Gasteiger partial charge in [0, 0.05) is 21.2 Å². The predicted octanol–water partition coefficient (Wildman–Crippen LogP) is 2.33. The zero-order chi connectivity index (χ0) is 9.84. The van der Waals surface area contributed by atoms with Crippen LogP contribution in [0.3, 0.4) is 0 Å². The number of rotatable bonds is 3. The third-order valence-electron chi connectivity index (χ3n) is 1.80. The predicted molar refractivity (Wildman–Crippen MR) is 62.8 cm³/mol. The molecule has 1 atom stereocenters. The van der Waals surface area contributed by atoms with Gasteiger partial charge in [-0.2, -0.15) is 0 Å². The summed E-state index contributed by atoms with van der Waals surface area (Å²) in [6.07, 6.45) is 0.581. The first-order chi connectivity index (χ1) is 6.15. The Hall–Kier alpha value is 0.160. The van der Waals surface area contributed by atoms with Crippen LogP contribution in [0.2, 0.25) is 5.02 Å². The third kappa shape index (κ3) is 3.09. The van der Waals surface area contributed by atoms with E-state index in [9.17, 15) is 0 Å². The van der Waals surface area contributed by atoms with Crippen molar-refractivity contribution in [3.8, 4) is 0 Å². The Morgan fingerprint density at radius 3 is 2.77 bits per heavy atom. The van der Waals surface area contributed by atoms with Crippen molar-refractivity contribution in [2.45, 2.75) is 12.5 Å². The minimum absolute atomic E-state index is 0.103. The van der Waals surface area contributed by atoms with E-state index < -0.39 is 0 Å². The van der Waals surface area contributed by atoms with Gasteiger partial charge in [-0.1, -0.05) is 17.7 Å². The van der Waals surface area contributed by atoms with Gasteiger partial charge in [-0.25, -0.2) is 0 Å². The lowest BCUT2D eigenvalue weighted by Crippen LogP contribution is -2.13. The Morgan fingerprint density at radius 2 is 2.23 bits per heavy atom. The van der Waals surface area contributed by atoms with Crippen LogP contribution in [0.4, 0.5) is 0 Å². The van der Waals surface area contributed by atoms with Crippen LogP contribution >= 0.6 is 34.2 Å². The molecule has 0 saturated carbocycles. The van der Waals surface area contributed by atoms with Crippen molar-refractivity contribution in [3.05, 3.63) is 32.4 Å². The van der Waals surface area contributed by atoms with Crippen LogP contribution in [0.5, 0.6) is 0 Å². The molecule has 0 aliphatic heterocycles. The summed E-state index contributed by atoms with van der Waals surface area (Å²) in [6.45, 7) is 0.111. The molecular formula is C9H11ClINO. The maximum atomic E-state index is 8.73. The number of hydrogen-bond acceptors (Lipinski definition) is 2. The first-order valence-electron chi connectivity index (χ1n) is 3.96. The van der Waals surface area contributed by atoms with Gasteiger partial charge >= 0.3 is 0 Å². The fourth-order valence-electron chi connectivity index (χ4n) is 1.10. The molecule has 0 aliphatic carbocycles. The van der Waals surface area contributed by atoms with E-state index in [4.69, 9.17) is 22.4 Å². The van der Waals surface area contributed by atoms with Crippen molar-refractivity contribution >= 4 is 34.2 Å². The van der Waals surface area contributed by atoms with Gasteiger partial charge < -0.3 is 10.8 Å². The molecule has 1 rings (SSSR count).